The van der Waals surface area contributed by atoms with Gasteiger partial charge in [0.25, 0.3) is 0 Å². The number of rotatable bonds is 3. The Morgan fingerprint density at radius 1 is 1.10 bits per heavy atom. The van der Waals surface area contributed by atoms with E-state index in [4.69, 9.17) is 0 Å². The Bertz CT molecular complexity index is 802. The van der Waals surface area contributed by atoms with Crippen molar-refractivity contribution in [1.82, 2.24) is 4.98 Å². The number of aromatic nitrogens is 1. The van der Waals surface area contributed by atoms with E-state index in [1.807, 2.05) is 31.2 Å². The van der Waals surface area contributed by atoms with Crippen LogP contribution in [0.1, 0.15) is 11.3 Å². The van der Waals surface area contributed by atoms with E-state index in [1.165, 1.54) is 6.07 Å². The average molecular weight is 345 g/mol. The summed E-state index contributed by atoms with van der Waals surface area (Å²) in [6.07, 6.45) is 0. The van der Waals surface area contributed by atoms with Crippen molar-refractivity contribution >= 4 is 32.5 Å². The van der Waals surface area contributed by atoms with Gasteiger partial charge < -0.3 is 5.32 Å². The number of hydrogen-bond acceptors (Lipinski definition) is 2. The summed E-state index contributed by atoms with van der Waals surface area (Å²) in [6.45, 7) is 2.55. The zero-order valence-electron chi connectivity index (χ0n) is 11.5. The largest absolute Gasteiger partial charge is 0.379 e. The Hall–Kier alpha value is -1.94. The first kappa shape index (κ1) is 14.0. The van der Waals surface area contributed by atoms with Gasteiger partial charge in [-0.05, 0) is 48.9 Å². The molecule has 1 N–H and O–H groups in total. The third-order valence-corrected chi connectivity index (χ3v) is 3.80. The lowest BCUT2D eigenvalue weighted by molar-refractivity contribution is 0.629. The summed E-state index contributed by atoms with van der Waals surface area (Å²) in [5.74, 6) is -0.262. The molecule has 0 saturated carbocycles. The second-order valence-electron chi connectivity index (χ2n) is 4.96. The molecule has 106 valence electrons. The minimum atomic E-state index is -0.262. The van der Waals surface area contributed by atoms with E-state index in [0.717, 1.165) is 26.6 Å². The van der Waals surface area contributed by atoms with Gasteiger partial charge in [0.1, 0.15) is 5.82 Å². The van der Waals surface area contributed by atoms with Gasteiger partial charge in [-0.2, -0.15) is 0 Å². The number of fused-ring (bicyclic) bond motifs is 1. The number of hydrogen-bond donors (Lipinski definition) is 1. The number of anilines is 1. The third-order valence-electron chi connectivity index (χ3n) is 3.31. The molecule has 0 saturated heterocycles. The van der Waals surface area contributed by atoms with Crippen molar-refractivity contribution in [1.29, 1.82) is 0 Å². The molecule has 4 heteroatoms. The molecule has 0 aliphatic heterocycles. The summed E-state index contributed by atoms with van der Waals surface area (Å²) >= 11 is 3.25. The Balaban J connectivity index is 1.80. The van der Waals surface area contributed by atoms with E-state index in [-0.39, 0.29) is 5.82 Å². The van der Waals surface area contributed by atoms with Crippen LogP contribution in [0.2, 0.25) is 0 Å². The molecule has 1 heterocycles. The van der Waals surface area contributed by atoms with Crippen molar-refractivity contribution < 1.29 is 4.39 Å². The van der Waals surface area contributed by atoms with Gasteiger partial charge in [-0.3, -0.25) is 4.98 Å². The molecule has 0 bridgehead atoms. The number of benzene rings is 2. The Labute approximate surface area is 131 Å². The van der Waals surface area contributed by atoms with Crippen LogP contribution in [-0.2, 0) is 6.54 Å². The number of aryl methyl sites for hydroxylation is 1. The van der Waals surface area contributed by atoms with Crippen LogP contribution in [0.25, 0.3) is 10.9 Å². The number of nitrogens with zero attached hydrogens (tertiary/aromatic N) is 1. The van der Waals surface area contributed by atoms with Gasteiger partial charge in [-0.15, -0.1) is 0 Å². The molecule has 0 spiro atoms. The molecule has 0 fully saturated rings. The molecule has 0 radical (unpaired) electrons. The highest BCUT2D eigenvalue weighted by Crippen LogP contribution is 2.21. The Kier molecular flexibility index (Phi) is 3.88. The van der Waals surface area contributed by atoms with E-state index in [9.17, 15) is 4.39 Å². The second-order valence-corrected chi connectivity index (χ2v) is 5.87. The molecular weight excluding hydrogens is 331 g/mol. The van der Waals surface area contributed by atoms with Crippen LogP contribution in [0.5, 0.6) is 0 Å². The first-order valence-electron chi connectivity index (χ1n) is 6.67. The standard InChI is InChI=1S/C17H14BrFN2/c1-11-2-4-13-8-12(3-6-16(13)21-11)10-20-17-7-5-14(18)9-15(17)19/h2-9,20H,10H2,1H3. The van der Waals surface area contributed by atoms with Crippen LogP contribution < -0.4 is 5.32 Å². The van der Waals surface area contributed by atoms with Gasteiger partial charge in [0, 0.05) is 22.1 Å². The molecule has 21 heavy (non-hydrogen) atoms. The summed E-state index contributed by atoms with van der Waals surface area (Å²) in [5, 5.41) is 4.21. The Morgan fingerprint density at radius 3 is 2.76 bits per heavy atom. The van der Waals surface area contributed by atoms with Crippen molar-refractivity contribution in [2.24, 2.45) is 0 Å². The highest BCUT2D eigenvalue weighted by atomic mass is 79.9. The molecule has 1 aromatic heterocycles. The summed E-state index contributed by atoms with van der Waals surface area (Å²) in [7, 11) is 0. The van der Waals surface area contributed by atoms with Crippen LogP contribution >= 0.6 is 15.9 Å². The van der Waals surface area contributed by atoms with Crippen LogP contribution in [0, 0.1) is 12.7 Å². The second kappa shape index (κ2) is 5.82. The monoisotopic (exact) mass is 344 g/mol. The molecular formula is C17H14BrFN2. The van der Waals surface area contributed by atoms with Gasteiger partial charge >= 0.3 is 0 Å². The maximum atomic E-state index is 13.7. The van der Waals surface area contributed by atoms with Crippen molar-refractivity contribution in [2.45, 2.75) is 13.5 Å². The fraction of sp³-hybridized carbons (Fsp3) is 0.118. The first-order chi connectivity index (χ1) is 10.1. The van der Waals surface area contributed by atoms with E-state index in [2.05, 4.69) is 38.4 Å². The number of nitrogens with one attached hydrogen (secondary N) is 1. The van der Waals surface area contributed by atoms with Crippen molar-refractivity contribution in [3.8, 4) is 0 Å². The molecule has 0 aliphatic rings. The number of halogens is 2. The maximum absolute atomic E-state index is 13.7. The highest BCUT2D eigenvalue weighted by Gasteiger charge is 2.03. The van der Waals surface area contributed by atoms with Crippen LogP contribution in [-0.4, -0.2) is 4.98 Å². The van der Waals surface area contributed by atoms with Gasteiger partial charge in [0.15, 0.2) is 0 Å². The summed E-state index contributed by atoms with van der Waals surface area (Å²) in [4.78, 5) is 4.47. The SMILES string of the molecule is Cc1ccc2cc(CNc3ccc(Br)cc3F)ccc2n1. The van der Waals surface area contributed by atoms with Crippen molar-refractivity contribution in [3.05, 3.63) is 70.1 Å². The van der Waals surface area contributed by atoms with Crippen LogP contribution in [0.3, 0.4) is 0 Å². The zero-order chi connectivity index (χ0) is 14.8. The molecule has 0 amide bonds. The fourth-order valence-corrected chi connectivity index (χ4v) is 2.55. The smallest absolute Gasteiger partial charge is 0.147 e. The topological polar surface area (TPSA) is 24.9 Å². The predicted molar refractivity (Wildman–Crippen MR) is 87.9 cm³/mol. The minimum Gasteiger partial charge on any atom is -0.379 e. The van der Waals surface area contributed by atoms with E-state index in [0.29, 0.717) is 12.2 Å². The molecule has 3 aromatic rings. The maximum Gasteiger partial charge on any atom is 0.147 e. The van der Waals surface area contributed by atoms with Crippen molar-refractivity contribution in [3.63, 3.8) is 0 Å². The van der Waals surface area contributed by atoms with Crippen LogP contribution in [0.15, 0.2) is 53.0 Å². The van der Waals surface area contributed by atoms with E-state index in [1.54, 1.807) is 6.07 Å². The molecule has 2 nitrogen and oxygen atoms in total. The zero-order valence-corrected chi connectivity index (χ0v) is 13.1. The molecule has 2 aromatic carbocycles. The lowest BCUT2D eigenvalue weighted by Gasteiger charge is -2.09. The van der Waals surface area contributed by atoms with Crippen molar-refractivity contribution in [2.75, 3.05) is 5.32 Å². The molecule has 3 rings (SSSR count). The van der Waals surface area contributed by atoms with Gasteiger partial charge in [0.2, 0.25) is 0 Å². The first-order valence-corrected chi connectivity index (χ1v) is 7.46. The molecule has 0 aliphatic carbocycles. The average Bonchev–Trinajstić information content (AvgIpc) is 2.46. The normalized spacial score (nSPS) is 10.8. The molecule has 0 atom stereocenters. The quantitative estimate of drug-likeness (QED) is 0.718. The van der Waals surface area contributed by atoms with E-state index >= 15 is 0 Å². The van der Waals surface area contributed by atoms with E-state index < -0.39 is 0 Å². The highest BCUT2D eigenvalue weighted by molar-refractivity contribution is 9.10. The molecule has 0 unspecified atom stereocenters. The van der Waals surface area contributed by atoms with Gasteiger partial charge in [-0.25, -0.2) is 4.39 Å². The van der Waals surface area contributed by atoms with Gasteiger partial charge in [-0.1, -0.05) is 28.1 Å². The minimum absolute atomic E-state index is 0.262. The van der Waals surface area contributed by atoms with Gasteiger partial charge in [0.05, 0.1) is 11.2 Å². The summed E-state index contributed by atoms with van der Waals surface area (Å²) in [6, 6.07) is 15.1. The van der Waals surface area contributed by atoms with Crippen LogP contribution in [0.4, 0.5) is 10.1 Å². The summed E-state index contributed by atoms with van der Waals surface area (Å²) in [5.41, 5.74) is 3.58. The third kappa shape index (κ3) is 3.22. The predicted octanol–water partition coefficient (Wildman–Crippen LogP) is 5.06. The lowest BCUT2D eigenvalue weighted by atomic mass is 10.1. The fourth-order valence-electron chi connectivity index (χ4n) is 2.22. The lowest BCUT2D eigenvalue weighted by Crippen LogP contribution is -2.01. The number of pyridine rings is 1. The Morgan fingerprint density at radius 2 is 1.95 bits per heavy atom. The summed E-state index contributed by atoms with van der Waals surface area (Å²) < 4.78 is 14.5.